The Balaban J connectivity index is 2.23. The topological polar surface area (TPSA) is 68.5 Å². The molecule has 0 amide bonds. The number of hydrogen-bond acceptors (Lipinski definition) is 5. The number of pyridine rings is 1. The van der Waals surface area contributed by atoms with Gasteiger partial charge >= 0.3 is 5.97 Å². The number of esters is 1. The van der Waals surface area contributed by atoms with Gasteiger partial charge in [0.2, 0.25) is 0 Å². The first-order valence-electron chi connectivity index (χ1n) is 5.77. The summed E-state index contributed by atoms with van der Waals surface area (Å²) in [7, 11) is 1.36. The zero-order chi connectivity index (χ0) is 12.3. The molecule has 2 N–H and O–H groups in total. The molecule has 1 aliphatic rings. The molecule has 1 aromatic heterocycles. The molecule has 1 saturated heterocycles. The van der Waals surface area contributed by atoms with Crippen LogP contribution in [0.4, 0.5) is 5.69 Å². The minimum absolute atomic E-state index is 0.340. The molecule has 5 heteroatoms. The van der Waals surface area contributed by atoms with E-state index in [0.717, 1.165) is 25.1 Å². The summed E-state index contributed by atoms with van der Waals surface area (Å²) in [5, 5.41) is 0. The van der Waals surface area contributed by atoms with E-state index in [2.05, 4.69) is 14.6 Å². The zero-order valence-electron chi connectivity index (χ0n) is 9.93. The Bertz CT molecular complexity index is 408. The van der Waals surface area contributed by atoms with Crippen molar-refractivity contribution in [2.45, 2.75) is 18.9 Å². The van der Waals surface area contributed by atoms with Gasteiger partial charge in [-0.25, -0.2) is 9.78 Å². The van der Waals surface area contributed by atoms with Gasteiger partial charge in [0.1, 0.15) is 5.69 Å². The molecule has 2 rings (SSSR count). The van der Waals surface area contributed by atoms with E-state index in [-0.39, 0.29) is 0 Å². The fourth-order valence-corrected chi connectivity index (χ4v) is 2.23. The number of carbonyl (C=O) groups is 1. The number of nitrogens with two attached hydrogens (primary N) is 1. The minimum Gasteiger partial charge on any atom is -0.464 e. The third kappa shape index (κ3) is 2.39. The number of aromatic nitrogens is 1. The van der Waals surface area contributed by atoms with Crippen molar-refractivity contribution in [2.24, 2.45) is 5.73 Å². The summed E-state index contributed by atoms with van der Waals surface area (Å²) < 4.78 is 4.66. The lowest BCUT2D eigenvalue weighted by Gasteiger charge is -2.25. The van der Waals surface area contributed by atoms with Gasteiger partial charge in [0.05, 0.1) is 7.11 Å². The fourth-order valence-electron chi connectivity index (χ4n) is 2.23. The van der Waals surface area contributed by atoms with Crippen molar-refractivity contribution in [1.29, 1.82) is 0 Å². The van der Waals surface area contributed by atoms with E-state index in [1.54, 1.807) is 12.3 Å². The lowest BCUT2D eigenvalue weighted by Crippen LogP contribution is -2.35. The number of methoxy groups -OCH3 is 1. The maximum absolute atomic E-state index is 11.4. The van der Waals surface area contributed by atoms with Crippen LogP contribution in [0.15, 0.2) is 18.3 Å². The summed E-state index contributed by atoms with van der Waals surface area (Å²) in [5.74, 6) is -0.407. The van der Waals surface area contributed by atoms with E-state index in [1.165, 1.54) is 7.11 Å². The van der Waals surface area contributed by atoms with Crippen LogP contribution < -0.4 is 10.6 Å². The first-order chi connectivity index (χ1) is 8.26. The van der Waals surface area contributed by atoms with Gasteiger partial charge in [-0.1, -0.05) is 0 Å². The monoisotopic (exact) mass is 235 g/mol. The molecule has 17 heavy (non-hydrogen) atoms. The van der Waals surface area contributed by atoms with Gasteiger partial charge in [-0.2, -0.15) is 0 Å². The molecule has 1 aliphatic heterocycles. The highest BCUT2D eigenvalue weighted by Gasteiger charge is 2.24. The average Bonchev–Trinajstić information content (AvgIpc) is 2.86. The Morgan fingerprint density at radius 1 is 1.71 bits per heavy atom. The third-order valence-corrected chi connectivity index (χ3v) is 3.12. The van der Waals surface area contributed by atoms with E-state index in [4.69, 9.17) is 5.73 Å². The summed E-state index contributed by atoms with van der Waals surface area (Å²) in [5.41, 5.74) is 7.07. The normalized spacial score (nSPS) is 19.4. The SMILES string of the molecule is COC(=O)c1cc(N2CCCC2CN)ccn1. The van der Waals surface area contributed by atoms with E-state index < -0.39 is 5.97 Å². The molecule has 0 radical (unpaired) electrons. The van der Waals surface area contributed by atoms with Crippen LogP contribution >= 0.6 is 0 Å². The maximum atomic E-state index is 11.4. The van der Waals surface area contributed by atoms with Gasteiger partial charge in [-0.15, -0.1) is 0 Å². The predicted octanol–water partition coefficient (Wildman–Crippen LogP) is 0.796. The van der Waals surface area contributed by atoms with Gasteiger partial charge < -0.3 is 15.4 Å². The number of ether oxygens (including phenoxy) is 1. The van der Waals surface area contributed by atoms with Gasteiger partial charge in [-0.3, -0.25) is 0 Å². The number of carbonyl (C=O) groups excluding carboxylic acids is 1. The molecule has 0 saturated carbocycles. The maximum Gasteiger partial charge on any atom is 0.356 e. The molecule has 2 heterocycles. The first-order valence-corrected chi connectivity index (χ1v) is 5.77. The largest absolute Gasteiger partial charge is 0.464 e. The summed E-state index contributed by atoms with van der Waals surface area (Å²) >= 11 is 0. The van der Waals surface area contributed by atoms with Crippen LogP contribution in [0.2, 0.25) is 0 Å². The Morgan fingerprint density at radius 2 is 2.53 bits per heavy atom. The van der Waals surface area contributed by atoms with Crippen LogP contribution in [0.5, 0.6) is 0 Å². The van der Waals surface area contributed by atoms with Crippen molar-refractivity contribution in [3.63, 3.8) is 0 Å². The predicted molar refractivity (Wildman–Crippen MR) is 65.0 cm³/mol. The van der Waals surface area contributed by atoms with E-state index in [9.17, 15) is 4.79 Å². The molecule has 0 bridgehead atoms. The van der Waals surface area contributed by atoms with Crippen LogP contribution in [0.25, 0.3) is 0 Å². The average molecular weight is 235 g/mol. The minimum atomic E-state index is -0.407. The van der Waals surface area contributed by atoms with E-state index in [0.29, 0.717) is 18.3 Å². The van der Waals surface area contributed by atoms with Crippen LogP contribution in [0, 0.1) is 0 Å². The molecule has 1 aromatic rings. The third-order valence-electron chi connectivity index (χ3n) is 3.12. The lowest BCUT2D eigenvalue weighted by atomic mass is 10.2. The molecular weight excluding hydrogens is 218 g/mol. The second kappa shape index (κ2) is 5.14. The number of hydrogen-bond donors (Lipinski definition) is 1. The van der Waals surface area contributed by atoms with Crippen molar-refractivity contribution in [3.05, 3.63) is 24.0 Å². The second-order valence-corrected chi connectivity index (χ2v) is 4.12. The Labute approximate surface area is 101 Å². The van der Waals surface area contributed by atoms with E-state index in [1.807, 2.05) is 6.07 Å². The van der Waals surface area contributed by atoms with Crippen LogP contribution in [0.3, 0.4) is 0 Å². The van der Waals surface area contributed by atoms with Crippen molar-refractivity contribution in [2.75, 3.05) is 25.1 Å². The summed E-state index contributed by atoms with van der Waals surface area (Å²) in [4.78, 5) is 17.6. The van der Waals surface area contributed by atoms with Crippen molar-refractivity contribution in [3.8, 4) is 0 Å². The van der Waals surface area contributed by atoms with Gasteiger partial charge in [-0.05, 0) is 25.0 Å². The summed E-state index contributed by atoms with van der Waals surface area (Å²) in [6, 6.07) is 4.03. The van der Waals surface area contributed by atoms with Crippen molar-refractivity contribution < 1.29 is 9.53 Å². The molecule has 1 atom stereocenters. The lowest BCUT2D eigenvalue weighted by molar-refractivity contribution is 0.0594. The molecule has 1 fully saturated rings. The molecule has 92 valence electrons. The smallest absolute Gasteiger partial charge is 0.356 e. The van der Waals surface area contributed by atoms with Gasteiger partial charge in [0.25, 0.3) is 0 Å². The molecular formula is C12H17N3O2. The highest BCUT2D eigenvalue weighted by Crippen LogP contribution is 2.25. The highest BCUT2D eigenvalue weighted by molar-refractivity contribution is 5.88. The molecule has 5 nitrogen and oxygen atoms in total. The molecule has 0 spiro atoms. The highest BCUT2D eigenvalue weighted by atomic mass is 16.5. The van der Waals surface area contributed by atoms with E-state index >= 15 is 0 Å². The number of anilines is 1. The number of nitrogens with zero attached hydrogens (tertiary/aromatic N) is 2. The molecule has 0 aliphatic carbocycles. The Morgan fingerprint density at radius 3 is 3.24 bits per heavy atom. The summed E-state index contributed by atoms with van der Waals surface area (Å²) in [6.07, 6.45) is 3.87. The zero-order valence-corrected chi connectivity index (χ0v) is 9.93. The molecule has 1 unspecified atom stereocenters. The van der Waals surface area contributed by atoms with Crippen molar-refractivity contribution >= 4 is 11.7 Å². The second-order valence-electron chi connectivity index (χ2n) is 4.12. The van der Waals surface area contributed by atoms with Crippen LogP contribution in [0.1, 0.15) is 23.3 Å². The first kappa shape index (κ1) is 11.9. The van der Waals surface area contributed by atoms with Crippen LogP contribution in [-0.2, 0) is 4.74 Å². The number of rotatable bonds is 3. The van der Waals surface area contributed by atoms with Gasteiger partial charge in [0, 0.05) is 31.0 Å². The van der Waals surface area contributed by atoms with Crippen molar-refractivity contribution in [1.82, 2.24) is 4.98 Å². The Hall–Kier alpha value is -1.62. The Kier molecular flexibility index (Phi) is 3.58. The quantitative estimate of drug-likeness (QED) is 0.785. The standard InChI is InChI=1S/C12H17N3O2/c1-17-12(16)11-7-9(4-5-14-11)15-6-2-3-10(15)8-13/h4-5,7,10H,2-3,6,8,13H2,1H3. The fraction of sp³-hybridized carbons (Fsp3) is 0.500. The van der Waals surface area contributed by atoms with Gasteiger partial charge in [0.15, 0.2) is 0 Å². The van der Waals surface area contributed by atoms with Crippen LogP contribution in [-0.4, -0.2) is 37.2 Å². The summed E-state index contributed by atoms with van der Waals surface area (Å²) in [6.45, 7) is 1.61. The molecule has 0 aromatic carbocycles.